The molecular formula is C32H28Cl2N2O5S. The van der Waals surface area contributed by atoms with Crippen LogP contribution in [0.5, 0.6) is 11.5 Å². The number of carbonyl (C=O) groups excluding carboxylic acids is 1. The monoisotopic (exact) mass is 622 g/mol. The summed E-state index contributed by atoms with van der Waals surface area (Å²) in [5, 5.41) is 1.21. The van der Waals surface area contributed by atoms with Crippen LogP contribution in [0.15, 0.2) is 87.8 Å². The zero-order valence-electron chi connectivity index (χ0n) is 23.2. The number of allylic oxidation sites excluding steroid dienone is 1. The number of rotatable bonds is 9. The van der Waals surface area contributed by atoms with Gasteiger partial charge in [0.1, 0.15) is 6.61 Å². The smallest absolute Gasteiger partial charge is 0.338 e. The Morgan fingerprint density at radius 1 is 0.952 bits per heavy atom. The third kappa shape index (κ3) is 6.31. The fourth-order valence-electron chi connectivity index (χ4n) is 4.65. The first kappa shape index (κ1) is 29.6. The molecule has 1 aliphatic heterocycles. The molecule has 1 unspecified atom stereocenters. The van der Waals surface area contributed by atoms with Gasteiger partial charge in [-0.05, 0) is 79.9 Å². The second-order valence-electron chi connectivity index (χ2n) is 9.41. The SMILES string of the molecule is CCOC(=O)C1=C(C)N=c2sc(=Cc3ccc(OCc4ccc(Cl)cc4)c(OCC)c3)c(=O)n2C1c1ccc(Cl)cc1. The Labute approximate surface area is 256 Å². The van der Waals surface area contributed by atoms with Crippen LogP contribution in [0.25, 0.3) is 6.08 Å². The van der Waals surface area contributed by atoms with E-state index in [-0.39, 0.29) is 12.2 Å². The molecule has 10 heteroatoms. The molecule has 4 aromatic rings. The van der Waals surface area contributed by atoms with Gasteiger partial charge in [-0.2, -0.15) is 0 Å². The molecule has 0 bridgehead atoms. The summed E-state index contributed by atoms with van der Waals surface area (Å²) in [5.41, 5.74) is 3.01. The van der Waals surface area contributed by atoms with Crippen molar-refractivity contribution in [1.82, 2.24) is 4.57 Å². The van der Waals surface area contributed by atoms with Crippen LogP contribution in [0.2, 0.25) is 10.0 Å². The number of thiazole rings is 1. The Hall–Kier alpha value is -3.85. The Balaban J connectivity index is 1.54. The van der Waals surface area contributed by atoms with Crippen molar-refractivity contribution < 1.29 is 19.0 Å². The van der Waals surface area contributed by atoms with Crippen molar-refractivity contribution in [3.63, 3.8) is 0 Å². The molecule has 0 saturated carbocycles. The summed E-state index contributed by atoms with van der Waals surface area (Å²) < 4.78 is 19.3. The van der Waals surface area contributed by atoms with Crippen molar-refractivity contribution >= 4 is 46.6 Å². The molecule has 1 atom stereocenters. The Morgan fingerprint density at radius 3 is 2.31 bits per heavy atom. The number of esters is 1. The van der Waals surface area contributed by atoms with Gasteiger partial charge in [0.2, 0.25) is 0 Å². The van der Waals surface area contributed by atoms with Crippen molar-refractivity contribution in [1.29, 1.82) is 0 Å². The van der Waals surface area contributed by atoms with Crippen LogP contribution in [-0.2, 0) is 16.1 Å². The lowest BCUT2D eigenvalue weighted by atomic mass is 9.96. The fourth-order valence-corrected chi connectivity index (χ4v) is 5.95. The molecule has 0 aliphatic carbocycles. The number of ether oxygens (including phenoxy) is 3. The predicted octanol–water partition coefficient (Wildman–Crippen LogP) is 6.08. The third-order valence-electron chi connectivity index (χ3n) is 6.58. The molecule has 0 radical (unpaired) electrons. The lowest BCUT2D eigenvalue weighted by Crippen LogP contribution is -2.39. The first-order valence-corrected chi connectivity index (χ1v) is 15.0. The minimum Gasteiger partial charge on any atom is -0.490 e. The number of hydrogen-bond donors (Lipinski definition) is 0. The van der Waals surface area contributed by atoms with E-state index in [2.05, 4.69) is 4.99 Å². The van der Waals surface area contributed by atoms with E-state index in [9.17, 15) is 9.59 Å². The molecule has 0 spiro atoms. The summed E-state index contributed by atoms with van der Waals surface area (Å²) >= 11 is 13.4. The lowest BCUT2D eigenvalue weighted by molar-refractivity contribution is -0.139. The summed E-state index contributed by atoms with van der Waals surface area (Å²) in [4.78, 5) is 32.0. The van der Waals surface area contributed by atoms with Crippen molar-refractivity contribution in [2.24, 2.45) is 4.99 Å². The van der Waals surface area contributed by atoms with Crippen LogP contribution in [-0.4, -0.2) is 23.8 Å². The molecule has 2 heterocycles. The van der Waals surface area contributed by atoms with E-state index >= 15 is 0 Å². The molecular weight excluding hydrogens is 595 g/mol. The van der Waals surface area contributed by atoms with E-state index in [0.717, 1.165) is 16.7 Å². The summed E-state index contributed by atoms with van der Waals surface area (Å²) in [5.74, 6) is 0.638. The molecule has 0 N–H and O–H groups in total. The molecule has 7 nitrogen and oxygen atoms in total. The van der Waals surface area contributed by atoms with Gasteiger partial charge >= 0.3 is 5.97 Å². The van der Waals surface area contributed by atoms with Crippen molar-refractivity contribution in [3.05, 3.63) is 124 Å². The molecule has 1 aliphatic rings. The van der Waals surface area contributed by atoms with E-state index in [1.165, 1.54) is 11.3 Å². The quantitative estimate of drug-likeness (QED) is 0.211. The number of benzene rings is 3. The fraction of sp³-hybridized carbons (Fsp3) is 0.219. The molecule has 42 heavy (non-hydrogen) atoms. The highest BCUT2D eigenvalue weighted by Crippen LogP contribution is 2.32. The standard InChI is InChI=1S/C32H28Cl2N2O5S/c1-4-39-26-16-21(8-15-25(26)41-18-20-6-11-23(33)12-7-20)17-27-30(37)36-29(22-9-13-24(34)14-10-22)28(31(38)40-5-2)19(3)35-32(36)42-27/h6-17,29H,4-5,18H2,1-3H3. The summed E-state index contributed by atoms with van der Waals surface area (Å²) in [6.45, 7) is 6.39. The average molecular weight is 624 g/mol. The van der Waals surface area contributed by atoms with Crippen LogP contribution in [0, 0.1) is 0 Å². The second kappa shape index (κ2) is 13.0. The number of aromatic nitrogens is 1. The highest BCUT2D eigenvalue weighted by atomic mass is 35.5. The predicted molar refractivity (Wildman–Crippen MR) is 165 cm³/mol. The van der Waals surface area contributed by atoms with Gasteiger partial charge in [-0.15, -0.1) is 0 Å². The van der Waals surface area contributed by atoms with E-state index in [1.54, 1.807) is 48.8 Å². The van der Waals surface area contributed by atoms with E-state index in [0.29, 0.717) is 55.4 Å². The Morgan fingerprint density at radius 2 is 1.64 bits per heavy atom. The zero-order chi connectivity index (χ0) is 29.8. The van der Waals surface area contributed by atoms with Gasteiger partial charge in [0.15, 0.2) is 16.3 Å². The first-order chi connectivity index (χ1) is 20.3. The molecule has 3 aromatic carbocycles. The number of nitrogens with zero attached hydrogens (tertiary/aromatic N) is 2. The van der Waals surface area contributed by atoms with Crippen molar-refractivity contribution in [2.75, 3.05) is 13.2 Å². The van der Waals surface area contributed by atoms with Crippen LogP contribution >= 0.6 is 34.5 Å². The first-order valence-electron chi connectivity index (χ1n) is 13.4. The topological polar surface area (TPSA) is 79.1 Å². The highest BCUT2D eigenvalue weighted by molar-refractivity contribution is 7.07. The molecule has 216 valence electrons. The minimum absolute atomic E-state index is 0.203. The number of fused-ring (bicyclic) bond motifs is 1. The Bertz CT molecular complexity index is 1830. The molecule has 1 aromatic heterocycles. The van der Waals surface area contributed by atoms with Gasteiger partial charge in [0.25, 0.3) is 5.56 Å². The Kier molecular flexibility index (Phi) is 9.16. The number of hydrogen-bond acceptors (Lipinski definition) is 7. The largest absolute Gasteiger partial charge is 0.490 e. The molecule has 0 amide bonds. The van der Waals surface area contributed by atoms with Crippen LogP contribution in [0.4, 0.5) is 0 Å². The van der Waals surface area contributed by atoms with Gasteiger partial charge < -0.3 is 14.2 Å². The maximum atomic E-state index is 13.9. The van der Waals surface area contributed by atoms with Gasteiger partial charge in [0, 0.05) is 10.0 Å². The number of halogens is 2. The van der Waals surface area contributed by atoms with Crippen LogP contribution in [0.1, 0.15) is 43.5 Å². The molecule has 0 fully saturated rings. The highest BCUT2D eigenvalue weighted by Gasteiger charge is 2.33. The summed E-state index contributed by atoms with van der Waals surface area (Å²) in [6.07, 6.45) is 1.79. The van der Waals surface area contributed by atoms with Crippen LogP contribution < -0.4 is 24.4 Å². The third-order valence-corrected chi connectivity index (χ3v) is 8.06. The zero-order valence-corrected chi connectivity index (χ0v) is 25.6. The minimum atomic E-state index is -0.706. The summed E-state index contributed by atoms with van der Waals surface area (Å²) in [6, 6.07) is 19.3. The van der Waals surface area contributed by atoms with Gasteiger partial charge in [-0.3, -0.25) is 9.36 Å². The van der Waals surface area contributed by atoms with Gasteiger partial charge in [-0.25, -0.2) is 9.79 Å². The lowest BCUT2D eigenvalue weighted by Gasteiger charge is -2.24. The maximum absolute atomic E-state index is 13.9. The van der Waals surface area contributed by atoms with Crippen molar-refractivity contribution in [3.8, 4) is 11.5 Å². The second-order valence-corrected chi connectivity index (χ2v) is 11.3. The summed E-state index contributed by atoms with van der Waals surface area (Å²) in [7, 11) is 0. The van der Waals surface area contributed by atoms with Gasteiger partial charge in [-0.1, -0.05) is 64.9 Å². The van der Waals surface area contributed by atoms with Crippen LogP contribution in [0.3, 0.4) is 0 Å². The molecule has 0 saturated heterocycles. The van der Waals surface area contributed by atoms with Crippen molar-refractivity contribution in [2.45, 2.75) is 33.4 Å². The van der Waals surface area contributed by atoms with E-state index in [1.807, 2.05) is 49.4 Å². The van der Waals surface area contributed by atoms with Gasteiger partial charge in [0.05, 0.1) is 35.1 Å². The molecule has 5 rings (SSSR count). The maximum Gasteiger partial charge on any atom is 0.338 e. The normalized spacial score (nSPS) is 14.8. The van der Waals surface area contributed by atoms with E-state index < -0.39 is 12.0 Å². The number of carbonyl (C=O) groups is 1. The average Bonchev–Trinajstić information content (AvgIpc) is 3.27. The van der Waals surface area contributed by atoms with E-state index in [4.69, 9.17) is 37.4 Å².